The minimum Gasteiger partial charge on any atom is -0.329 e. The van der Waals surface area contributed by atoms with Gasteiger partial charge in [0, 0.05) is 25.2 Å². The van der Waals surface area contributed by atoms with Crippen LogP contribution in [0.15, 0.2) is 23.1 Å². The van der Waals surface area contributed by atoms with Crippen LogP contribution in [0.25, 0.3) is 0 Å². The molecule has 0 unspecified atom stereocenters. The molecular weight excluding hydrogens is 248 g/mol. The van der Waals surface area contributed by atoms with E-state index < -0.39 is 10.0 Å². The summed E-state index contributed by atoms with van der Waals surface area (Å²) < 4.78 is 25.4. The van der Waals surface area contributed by atoms with Gasteiger partial charge in [0.15, 0.2) is 0 Å². The molecule has 90 valence electrons. The van der Waals surface area contributed by atoms with Gasteiger partial charge in [-0.3, -0.25) is 0 Å². The lowest BCUT2D eigenvalue weighted by Gasteiger charge is -2.17. The van der Waals surface area contributed by atoms with Gasteiger partial charge in [-0.15, -0.1) is 0 Å². The van der Waals surface area contributed by atoms with Crippen molar-refractivity contribution >= 4 is 21.6 Å². The molecule has 4 nitrogen and oxygen atoms in total. The molecule has 0 spiro atoms. The van der Waals surface area contributed by atoms with E-state index >= 15 is 0 Å². The smallest absolute Gasteiger partial charge is 0.243 e. The average molecular weight is 263 g/mol. The predicted molar refractivity (Wildman–Crippen MR) is 65.1 cm³/mol. The molecule has 0 saturated carbocycles. The number of likely N-dealkylation sites (N-methyl/N-ethyl adjacent to an activating group) is 1. The van der Waals surface area contributed by atoms with Crippen molar-refractivity contribution in [3.8, 4) is 0 Å². The second-order valence-corrected chi connectivity index (χ2v) is 5.97. The zero-order valence-electron chi connectivity index (χ0n) is 9.27. The highest BCUT2D eigenvalue weighted by Gasteiger charge is 2.22. The highest BCUT2D eigenvalue weighted by Crippen LogP contribution is 2.22. The van der Waals surface area contributed by atoms with E-state index in [2.05, 4.69) is 0 Å². The van der Waals surface area contributed by atoms with Gasteiger partial charge in [0.2, 0.25) is 10.0 Å². The number of rotatable bonds is 4. The minimum absolute atomic E-state index is 0.232. The Balaban J connectivity index is 3.21. The van der Waals surface area contributed by atoms with E-state index in [1.807, 2.05) is 0 Å². The van der Waals surface area contributed by atoms with Crippen LogP contribution >= 0.6 is 11.6 Å². The van der Waals surface area contributed by atoms with E-state index in [0.717, 1.165) is 0 Å². The van der Waals surface area contributed by atoms with Crippen LogP contribution in [0, 0.1) is 6.92 Å². The van der Waals surface area contributed by atoms with Crippen molar-refractivity contribution in [1.82, 2.24) is 4.31 Å². The molecular formula is C10H15ClN2O2S. The molecule has 0 aliphatic carbocycles. The number of benzene rings is 1. The number of aryl methyl sites for hydroxylation is 1. The molecule has 1 aromatic rings. The second-order valence-electron chi connectivity index (χ2n) is 3.53. The largest absolute Gasteiger partial charge is 0.329 e. The van der Waals surface area contributed by atoms with Crippen LogP contribution in [0.3, 0.4) is 0 Å². The third kappa shape index (κ3) is 2.74. The molecule has 16 heavy (non-hydrogen) atoms. The molecule has 0 radical (unpaired) electrons. The monoisotopic (exact) mass is 262 g/mol. The third-order valence-electron chi connectivity index (χ3n) is 2.28. The topological polar surface area (TPSA) is 63.4 Å². The molecule has 1 rings (SSSR count). The first kappa shape index (κ1) is 13.4. The van der Waals surface area contributed by atoms with Crippen molar-refractivity contribution in [3.63, 3.8) is 0 Å². The molecule has 2 N–H and O–H groups in total. The first-order chi connectivity index (χ1) is 7.39. The van der Waals surface area contributed by atoms with Crippen LogP contribution in [0.2, 0.25) is 5.02 Å². The summed E-state index contributed by atoms with van der Waals surface area (Å²) >= 11 is 5.80. The summed E-state index contributed by atoms with van der Waals surface area (Å²) in [6.07, 6.45) is 0. The van der Waals surface area contributed by atoms with E-state index in [1.165, 1.54) is 17.4 Å². The molecule has 0 amide bonds. The lowest BCUT2D eigenvalue weighted by atomic mass is 10.2. The summed E-state index contributed by atoms with van der Waals surface area (Å²) in [5.41, 5.74) is 6.01. The first-order valence-corrected chi connectivity index (χ1v) is 6.64. The fraction of sp³-hybridized carbons (Fsp3) is 0.400. The van der Waals surface area contributed by atoms with Gasteiger partial charge in [-0.05, 0) is 24.6 Å². The standard InChI is InChI=1S/C10H15ClN2O2S/c1-8-3-4-9(11)7-10(8)16(14,15)13(2)6-5-12/h3-4,7H,5-6,12H2,1-2H3. The Kier molecular flexibility index (Phi) is 4.32. The Morgan fingerprint density at radius 1 is 1.44 bits per heavy atom. The maximum atomic E-state index is 12.1. The van der Waals surface area contributed by atoms with E-state index in [4.69, 9.17) is 17.3 Å². The highest BCUT2D eigenvalue weighted by atomic mass is 35.5. The molecule has 0 aliphatic heterocycles. The van der Waals surface area contributed by atoms with E-state index in [1.54, 1.807) is 19.1 Å². The molecule has 0 heterocycles. The van der Waals surface area contributed by atoms with Gasteiger partial charge in [-0.25, -0.2) is 8.42 Å². The fourth-order valence-electron chi connectivity index (χ4n) is 1.32. The zero-order chi connectivity index (χ0) is 12.3. The molecule has 0 atom stereocenters. The van der Waals surface area contributed by atoms with Gasteiger partial charge in [0.1, 0.15) is 0 Å². The molecule has 0 aromatic heterocycles. The van der Waals surface area contributed by atoms with E-state index in [0.29, 0.717) is 10.6 Å². The highest BCUT2D eigenvalue weighted by molar-refractivity contribution is 7.89. The molecule has 0 fully saturated rings. The third-order valence-corrected chi connectivity index (χ3v) is 4.52. The quantitative estimate of drug-likeness (QED) is 0.888. The zero-order valence-corrected chi connectivity index (χ0v) is 10.8. The number of hydrogen-bond acceptors (Lipinski definition) is 3. The van der Waals surface area contributed by atoms with Crippen molar-refractivity contribution in [2.45, 2.75) is 11.8 Å². The van der Waals surface area contributed by atoms with Gasteiger partial charge in [-0.2, -0.15) is 4.31 Å². The summed E-state index contributed by atoms with van der Waals surface area (Å²) in [4.78, 5) is 0.232. The predicted octanol–water partition coefficient (Wildman–Crippen LogP) is 1.23. The summed E-state index contributed by atoms with van der Waals surface area (Å²) in [5, 5.41) is 0.408. The van der Waals surface area contributed by atoms with Crippen LogP contribution in [0.1, 0.15) is 5.56 Å². The Morgan fingerprint density at radius 3 is 2.62 bits per heavy atom. The molecule has 6 heteroatoms. The van der Waals surface area contributed by atoms with Crippen molar-refractivity contribution in [1.29, 1.82) is 0 Å². The summed E-state index contributed by atoms with van der Waals surface area (Å²) in [6.45, 7) is 2.31. The molecule has 0 saturated heterocycles. The molecule has 0 bridgehead atoms. The maximum absolute atomic E-state index is 12.1. The maximum Gasteiger partial charge on any atom is 0.243 e. The second kappa shape index (κ2) is 5.14. The number of nitrogens with zero attached hydrogens (tertiary/aromatic N) is 1. The number of nitrogens with two attached hydrogens (primary N) is 1. The normalized spacial score (nSPS) is 12.1. The number of hydrogen-bond donors (Lipinski definition) is 1. The van der Waals surface area contributed by atoms with E-state index in [9.17, 15) is 8.42 Å². The van der Waals surface area contributed by atoms with Gasteiger partial charge in [-0.1, -0.05) is 17.7 Å². The van der Waals surface area contributed by atoms with Gasteiger partial charge >= 0.3 is 0 Å². The van der Waals surface area contributed by atoms with Gasteiger partial charge in [0.25, 0.3) is 0 Å². The van der Waals surface area contributed by atoms with Crippen molar-refractivity contribution in [2.75, 3.05) is 20.1 Å². The minimum atomic E-state index is -3.49. The first-order valence-electron chi connectivity index (χ1n) is 4.82. The average Bonchev–Trinajstić information content (AvgIpc) is 2.22. The lowest BCUT2D eigenvalue weighted by molar-refractivity contribution is 0.476. The number of sulfonamides is 1. The molecule has 0 aliphatic rings. The van der Waals surface area contributed by atoms with E-state index in [-0.39, 0.29) is 18.0 Å². The van der Waals surface area contributed by atoms with Crippen molar-refractivity contribution < 1.29 is 8.42 Å². The van der Waals surface area contributed by atoms with Gasteiger partial charge < -0.3 is 5.73 Å². The Hall–Kier alpha value is -0.620. The summed E-state index contributed by atoms with van der Waals surface area (Å²) in [6, 6.07) is 4.81. The number of halogens is 1. The fourth-order valence-corrected chi connectivity index (χ4v) is 2.99. The summed E-state index contributed by atoms with van der Waals surface area (Å²) in [7, 11) is -1.98. The van der Waals surface area contributed by atoms with Crippen LogP contribution in [-0.2, 0) is 10.0 Å². The van der Waals surface area contributed by atoms with Crippen LogP contribution in [0.5, 0.6) is 0 Å². The Morgan fingerprint density at radius 2 is 2.06 bits per heavy atom. The van der Waals surface area contributed by atoms with Crippen LogP contribution < -0.4 is 5.73 Å². The SMILES string of the molecule is Cc1ccc(Cl)cc1S(=O)(=O)N(C)CCN. The Bertz CT molecular complexity index is 474. The van der Waals surface area contributed by atoms with Crippen molar-refractivity contribution in [2.24, 2.45) is 5.73 Å². The molecule has 1 aromatic carbocycles. The van der Waals surface area contributed by atoms with Crippen LogP contribution in [-0.4, -0.2) is 32.9 Å². The lowest BCUT2D eigenvalue weighted by Crippen LogP contribution is -2.32. The Labute approximate surface area is 101 Å². The van der Waals surface area contributed by atoms with Crippen LogP contribution in [0.4, 0.5) is 0 Å². The van der Waals surface area contributed by atoms with Crippen molar-refractivity contribution in [3.05, 3.63) is 28.8 Å². The summed E-state index contributed by atoms with van der Waals surface area (Å²) in [5.74, 6) is 0. The van der Waals surface area contributed by atoms with Gasteiger partial charge in [0.05, 0.1) is 4.90 Å².